The number of piperazine rings is 1. The van der Waals surface area contributed by atoms with Crippen LogP contribution in [-0.2, 0) is 17.9 Å². The van der Waals surface area contributed by atoms with Crippen LogP contribution in [0, 0.1) is 6.92 Å². The van der Waals surface area contributed by atoms with Crippen LogP contribution >= 0.6 is 11.3 Å². The number of aryl methyl sites for hydroxylation is 1. The Bertz CT molecular complexity index is 1350. The van der Waals surface area contributed by atoms with Crippen molar-refractivity contribution >= 4 is 28.0 Å². The lowest BCUT2D eigenvalue weighted by molar-refractivity contribution is -0.133. The molecule has 0 saturated carbocycles. The zero-order valence-corrected chi connectivity index (χ0v) is 19.4. The first-order chi connectivity index (χ1) is 16.1. The lowest BCUT2D eigenvalue weighted by atomic mass is 10.0. The molecule has 33 heavy (non-hydrogen) atoms. The molecule has 6 nitrogen and oxygen atoms in total. The molecule has 1 saturated heterocycles. The van der Waals surface area contributed by atoms with Gasteiger partial charge in [0.15, 0.2) is 0 Å². The molecule has 0 N–H and O–H groups in total. The number of rotatable bonds is 5. The van der Waals surface area contributed by atoms with E-state index >= 15 is 0 Å². The highest BCUT2D eigenvalue weighted by molar-refractivity contribution is 7.15. The molecule has 0 radical (unpaired) electrons. The standard InChI is InChI=1S/C26H26N4O2S/c1-19-9-11-24(33-19)23-10-12-25(31)30(27-23)18-26(32)29-15-13-28(14-16-29)17-21-7-4-6-20-5-2-3-8-22(20)21/h2-12H,13-18H2,1H3. The second-order valence-electron chi connectivity index (χ2n) is 8.42. The summed E-state index contributed by atoms with van der Waals surface area (Å²) in [6.45, 7) is 5.81. The second kappa shape index (κ2) is 9.29. The highest BCUT2D eigenvalue weighted by Gasteiger charge is 2.22. The van der Waals surface area contributed by atoms with Crippen LogP contribution in [0.25, 0.3) is 21.3 Å². The molecular formula is C26H26N4O2S. The van der Waals surface area contributed by atoms with Crippen molar-refractivity contribution < 1.29 is 4.79 Å². The first-order valence-electron chi connectivity index (χ1n) is 11.2. The van der Waals surface area contributed by atoms with E-state index in [4.69, 9.17) is 0 Å². The monoisotopic (exact) mass is 458 g/mol. The average molecular weight is 459 g/mol. The molecule has 168 valence electrons. The van der Waals surface area contributed by atoms with E-state index in [2.05, 4.69) is 52.5 Å². The Labute approximate surface area is 196 Å². The zero-order valence-electron chi connectivity index (χ0n) is 18.6. The number of hydrogen-bond donors (Lipinski definition) is 0. The number of aromatic nitrogens is 2. The molecule has 7 heteroatoms. The van der Waals surface area contributed by atoms with Crippen LogP contribution in [0.4, 0.5) is 0 Å². The molecule has 0 aliphatic carbocycles. The molecule has 2 aromatic heterocycles. The van der Waals surface area contributed by atoms with Crippen molar-refractivity contribution in [2.75, 3.05) is 26.2 Å². The molecule has 5 rings (SSSR count). The van der Waals surface area contributed by atoms with Crippen molar-refractivity contribution in [2.45, 2.75) is 20.0 Å². The molecular weight excluding hydrogens is 432 g/mol. The molecule has 2 aromatic carbocycles. The number of carbonyl (C=O) groups excluding carboxylic acids is 1. The number of nitrogens with zero attached hydrogens (tertiary/aromatic N) is 4. The van der Waals surface area contributed by atoms with Gasteiger partial charge in [-0.25, -0.2) is 4.68 Å². The molecule has 0 bridgehead atoms. The van der Waals surface area contributed by atoms with Gasteiger partial charge < -0.3 is 4.90 Å². The Morgan fingerprint density at radius 1 is 0.939 bits per heavy atom. The minimum Gasteiger partial charge on any atom is -0.339 e. The maximum Gasteiger partial charge on any atom is 0.267 e. The van der Waals surface area contributed by atoms with Crippen molar-refractivity contribution in [3.63, 3.8) is 0 Å². The van der Waals surface area contributed by atoms with Crippen LogP contribution < -0.4 is 5.56 Å². The Hall–Kier alpha value is -3.29. The van der Waals surface area contributed by atoms with Crippen molar-refractivity contribution in [1.29, 1.82) is 0 Å². The van der Waals surface area contributed by atoms with Gasteiger partial charge in [0, 0.05) is 43.7 Å². The molecule has 3 heterocycles. The second-order valence-corrected chi connectivity index (χ2v) is 9.71. The quantitative estimate of drug-likeness (QED) is 0.457. The Morgan fingerprint density at radius 2 is 1.73 bits per heavy atom. The number of carbonyl (C=O) groups is 1. The van der Waals surface area contributed by atoms with E-state index in [1.807, 2.05) is 24.0 Å². The fraction of sp³-hybridized carbons (Fsp3) is 0.269. The summed E-state index contributed by atoms with van der Waals surface area (Å²) in [5.74, 6) is -0.0612. The summed E-state index contributed by atoms with van der Waals surface area (Å²) in [7, 11) is 0. The molecule has 1 fully saturated rings. The van der Waals surface area contributed by atoms with E-state index in [0.717, 1.165) is 30.2 Å². The van der Waals surface area contributed by atoms with Crippen LogP contribution in [0.5, 0.6) is 0 Å². The van der Waals surface area contributed by atoms with Gasteiger partial charge in [-0.1, -0.05) is 42.5 Å². The van der Waals surface area contributed by atoms with Gasteiger partial charge in [-0.15, -0.1) is 11.3 Å². The van der Waals surface area contributed by atoms with E-state index in [1.165, 1.54) is 32.0 Å². The number of thiophene rings is 1. The minimum absolute atomic E-state index is 0.0274. The Balaban J connectivity index is 1.22. The molecule has 1 amide bonds. The smallest absolute Gasteiger partial charge is 0.267 e. The van der Waals surface area contributed by atoms with Gasteiger partial charge in [0.25, 0.3) is 5.56 Å². The van der Waals surface area contributed by atoms with Gasteiger partial charge in [0.1, 0.15) is 12.2 Å². The van der Waals surface area contributed by atoms with E-state index < -0.39 is 0 Å². The predicted octanol–water partition coefficient (Wildman–Crippen LogP) is 3.78. The van der Waals surface area contributed by atoms with Crippen molar-refractivity contribution in [1.82, 2.24) is 19.6 Å². The summed E-state index contributed by atoms with van der Waals surface area (Å²) in [6.07, 6.45) is 0. The summed E-state index contributed by atoms with van der Waals surface area (Å²) < 4.78 is 1.29. The van der Waals surface area contributed by atoms with Crippen LogP contribution in [0.1, 0.15) is 10.4 Å². The number of hydrogen-bond acceptors (Lipinski definition) is 5. The molecule has 1 aliphatic heterocycles. The summed E-state index contributed by atoms with van der Waals surface area (Å²) >= 11 is 1.63. The largest absolute Gasteiger partial charge is 0.339 e. The van der Waals surface area contributed by atoms with Crippen LogP contribution in [0.2, 0.25) is 0 Å². The van der Waals surface area contributed by atoms with Crippen LogP contribution in [-0.4, -0.2) is 51.7 Å². The van der Waals surface area contributed by atoms with E-state index in [-0.39, 0.29) is 18.0 Å². The van der Waals surface area contributed by atoms with Crippen LogP contribution in [0.3, 0.4) is 0 Å². The first-order valence-corrected chi connectivity index (χ1v) is 12.0. The average Bonchev–Trinajstić information content (AvgIpc) is 3.27. The molecule has 0 spiro atoms. The van der Waals surface area contributed by atoms with Crippen molar-refractivity contribution in [3.05, 3.63) is 87.5 Å². The third kappa shape index (κ3) is 4.74. The van der Waals surface area contributed by atoms with Gasteiger partial charge in [-0.2, -0.15) is 5.10 Å². The number of amides is 1. The topological polar surface area (TPSA) is 58.4 Å². The molecule has 0 atom stereocenters. The van der Waals surface area contributed by atoms with E-state index in [1.54, 1.807) is 17.4 Å². The maximum absolute atomic E-state index is 12.9. The van der Waals surface area contributed by atoms with E-state index in [9.17, 15) is 9.59 Å². The van der Waals surface area contributed by atoms with Gasteiger partial charge in [-0.3, -0.25) is 14.5 Å². The van der Waals surface area contributed by atoms with Crippen LogP contribution in [0.15, 0.2) is 71.5 Å². The zero-order chi connectivity index (χ0) is 22.8. The van der Waals surface area contributed by atoms with E-state index in [0.29, 0.717) is 13.1 Å². The van der Waals surface area contributed by atoms with Gasteiger partial charge in [0.05, 0.1) is 4.88 Å². The van der Waals surface area contributed by atoms with Gasteiger partial charge >= 0.3 is 0 Å². The minimum atomic E-state index is -0.255. The summed E-state index contributed by atoms with van der Waals surface area (Å²) in [4.78, 5) is 31.6. The fourth-order valence-corrected chi connectivity index (χ4v) is 5.15. The summed E-state index contributed by atoms with van der Waals surface area (Å²) in [6, 6.07) is 22.1. The first kappa shape index (κ1) is 21.6. The summed E-state index contributed by atoms with van der Waals surface area (Å²) in [5.41, 5.74) is 1.78. The Kier molecular flexibility index (Phi) is 6.07. The molecule has 4 aromatic rings. The third-order valence-electron chi connectivity index (χ3n) is 6.14. The normalized spacial score (nSPS) is 14.6. The van der Waals surface area contributed by atoms with Gasteiger partial charge in [-0.05, 0) is 41.5 Å². The van der Waals surface area contributed by atoms with Crippen molar-refractivity contribution in [3.8, 4) is 10.6 Å². The summed E-state index contributed by atoms with van der Waals surface area (Å²) in [5, 5.41) is 6.98. The highest BCUT2D eigenvalue weighted by Crippen LogP contribution is 2.25. The Morgan fingerprint density at radius 3 is 2.52 bits per heavy atom. The maximum atomic E-state index is 12.9. The predicted molar refractivity (Wildman–Crippen MR) is 132 cm³/mol. The lowest BCUT2D eigenvalue weighted by Crippen LogP contribution is -2.49. The van der Waals surface area contributed by atoms with Crippen molar-refractivity contribution in [2.24, 2.45) is 0 Å². The number of fused-ring (bicyclic) bond motifs is 1. The SMILES string of the molecule is Cc1ccc(-c2ccc(=O)n(CC(=O)N3CCN(Cc4cccc5ccccc45)CC3)n2)s1. The molecule has 0 unspecified atom stereocenters. The fourth-order valence-electron chi connectivity index (χ4n) is 4.32. The third-order valence-corrected chi connectivity index (χ3v) is 7.17. The molecule has 1 aliphatic rings. The van der Waals surface area contributed by atoms with Gasteiger partial charge in [0.2, 0.25) is 5.91 Å². The highest BCUT2D eigenvalue weighted by atomic mass is 32.1. The lowest BCUT2D eigenvalue weighted by Gasteiger charge is -2.35. The number of benzene rings is 2.